The van der Waals surface area contributed by atoms with Crippen LogP contribution in [0.15, 0.2) is 46.9 Å². The molecule has 0 saturated heterocycles. The van der Waals surface area contributed by atoms with Gasteiger partial charge in [0, 0.05) is 25.0 Å². The molecule has 1 N–H and O–H groups in total. The number of hydrogen-bond acceptors (Lipinski definition) is 3. The highest BCUT2D eigenvalue weighted by molar-refractivity contribution is 6.35. The molecule has 4 nitrogen and oxygen atoms in total. The van der Waals surface area contributed by atoms with Gasteiger partial charge in [0.2, 0.25) is 0 Å². The number of carbonyl (C=O) groups excluding carboxylic acids is 1. The first-order chi connectivity index (χ1) is 11.0. The average Bonchev–Trinajstić information content (AvgIpc) is 2.86. The van der Waals surface area contributed by atoms with E-state index in [0.29, 0.717) is 10.6 Å². The van der Waals surface area contributed by atoms with Crippen molar-refractivity contribution in [2.24, 2.45) is 0 Å². The van der Waals surface area contributed by atoms with E-state index in [2.05, 4.69) is 5.32 Å². The first kappa shape index (κ1) is 15.4. The number of furan rings is 1. The fraction of sp³-hybridized carbons (Fsp3) is 0.167. The monoisotopic (exact) mass is 328 g/mol. The predicted octanol–water partition coefficient (Wildman–Crippen LogP) is 4.71. The molecule has 0 bridgehead atoms. The van der Waals surface area contributed by atoms with Crippen LogP contribution < -0.4 is 10.2 Å². The summed E-state index contributed by atoms with van der Waals surface area (Å²) >= 11 is 6.14. The molecule has 0 fully saturated rings. The molecule has 0 spiro atoms. The molecule has 1 aromatic heterocycles. The minimum atomic E-state index is -0.288. The third-order valence-electron chi connectivity index (χ3n) is 3.76. The average molecular weight is 329 g/mol. The van der Waals surface area contributed by atoms with E-state index in [9.17, 15) is 4.79 Å². The lowest BCUT2D eigenvalue weighted by atomic mass is 10.1. The van der Waals surface area contributed by atoms with E-state index in [0.717, 1.165) is 22.3 Å². The van der Waals surface area contributed by atoms with Crippen LogP contribution in [0.1, 0.15) is 16.1 Å². The number of nitrogens with zero attached hydrogens (tertiary/aromatic N) is 1. The molecule has 0 radical (unpaired) electrons. The Hall–Kier alpha value is -2.46. The van der Waals surface area contributed by atoms with Gasteiger partial charge in [0.05, 0.1) is 16.4 Å². The van der Waals surface area contributed by atoms with Gasteiger partial charge in [-0.05, 0) is 25.1 Å². The Labute approximate surface area is 139 Å². The van der Waals surface area contributed by atoms with E-state index in [-0.39, 0.29) is 11.7 Å². The van der Waals surface area contributed by atoms with Crippen LogP contribution >= 0.6 is 11.6 Å². The number of anilines is 2. The van der Waals surface area contributed by atoms with E-state index in [1.807, 2.05) is 62.3 Å². The number of rotatable bonds is 3. The lowest BCUT2D eigenvalue weighted by molar-refractivity contribution is 0.0998. The number of amides is 1. The summed E-state index contributed by atoms with van der Waals surface area (Å²) in [6.45, 7) is 1.86. The highest BCUT2D eigenvalue weighted by Gasteiger charge is 2.20. The zero-order chi connectivity index (χ0) is 16.6. The van der Waals surface area contributed by atoms with E-state index in [1.165, 1.54) is 0 Å². The van der Waals surface area contributed by atoms with Gasteiger partial charge in [0.1, 0.15) is 0 Å². The van der Waals surface area contributed by atoms with Crippen LogP contribution in [0.25, 0.3) is 11.0 Å². The summed E-state index contributed by atoms with van der Waals surface area (Å²) < 4.78 is 5.71. The summed E-state index contributed by atoms with van der Waals surface area (Å²) in [5.41, 5.74) is 2.97. The van der Waals surface area contributed by atoms with Crippen LogP contribution in [-0.2, 0) is 0 Å². The van der Waals surface area contributed by atoms with Gasteiger partial charge in [-0.1, -0.05) is 35.9 Å². The van der Waals surface area contributed by atoms with E-state index in [4.69, 9.17) is 16.0 Å². The quantitative estimate of drug-likeness (QED) is 0.757. The molecule has 0 aliphatic heterocycles. The van der Waals surface area contributed by atoms with Crippen molar-refractivity contribution in [1.82, 2.24) is 0 Å². The molecule has 118 valence electrons. The maximum Gasteiger partial charge on any atom is 0.291 e. The molecule has 0 saturated carbocycles. The number of nitrogens with one attached hydrogen (secondary N) is 1. The molecular formula is C18H17ClN2O2. The number of halogens is 1. The molecule has 1 heterocycles. The van der Waals surface area contributed by atoms with Crippen molar-refractivity contribution in [2.45, 2.75) is 6.92 Å². The maximum atomic E-state index is 12.6. The van der Waals surface area contributed by atoms with Crippen molar-refractivity contribution in [3.8, 4) is 0 Å². The molecule has 5 heteroatoms. The van der Waals surface area contributed by atoms with Gasteiger partial charge in [-0.15, -0.1) is 0 Å². The topological polar surface area (TPSA) is 45.5 Å². The SMILES string of the molecule is Cc1c(C(=O)Nc2ccccc2N(C)C)oc2c(Cl)cccc12. The Morgan fingerprint density at radius 1 is 1.13 bits per heavy atom. The smallest absolute Gasteiger partial charge is 0.291 e. The van der Waals surface area contributed by atoms with Gasteiger partial charge in [0.15, 0.2) is 11.3 Å². The number of para-hydroxylation sites is 3. The number of benzene rings is 2. The van der Waals surface area contributed by atoms with Crippen LogP contribution in [-0.4, -0.2) is 20.0 Å². The Bertz CT molecular complexity index is 884. The van der Waals surface area contributed by atoms with Gasteiger partial charge in [-0.3, -0.25) is 4.79 Å². The zero-order valence-electron chi connectivity index (χ0n) is 13.2. The second-order valence-corrected chi connectivity index (χ2v) is 5.95. The zero-order valence-corrected chi connectivity index (χ0v) is 13.9. The Morgan fingerprint density at radius 3 is 2.57 bits per heavy atom. The highest BCUT2D eigenvalue weighted by Crippen LogP contribution is 2.31. The number of aryl methyl sites for hydroxylation is 1. The van der Waals surface area contributed by atoms with Crippen molar-refractivity contribution in [2.75, 3.05) is 24.3 Å². The lowest BCUT2D eigenvalue weighted by Crippen LogP contribution is -2.16. The molecule has 0 atom stereocenters. The van der Waals surface area contributed by atoms with Crippen LogP contribution in [0.5, 0.6) is 0 Å². The van der Waals surface area contributed by atoms with Gasteiger partial charge >= 0.3 is 0 Å². The van der Waals surface area contributed by atoms with E-state index >= 15 is 0 Å². The van der Waals surface area contributed by atoms with Gasteiger partial charge in [-0.25, -0.2) is 0 Å². The summed E-state index contributed by atoms with van der Waals surface area (Å²) in [5, 5.41) is 4.26. The fourth-order valence-electron chi connectivity index (χ4n) is 2.57. The first-order valence-electron chi connectivity index (χ1n) is 7.24. The molecule has 0 aliphatic carbocycles. The van der Waals surface area contributed by atoms with Crippen LogP contribution in [0.3, 0.4) is 0 Å². The van der Waals surface area contributed by atoms with Gasteiger partial charge in [-0.2, -0.15) is 0 Å². The lowest BCUT2D eigenvalue weighted by Gasteiger charge is -2.17. The second kappa shape index (κ2) is 5.97. The molecule has 0 aliphatic rings. The number of carbonyl (C=O) groups is 1. The van der Waals surface area contributed by atoms with Gasteiger partial charge < -0.3 is 14.6 Å². The Kier molecular flexibility index (Phi) is 4.01. The summed E-state index contributed by atoms with van der Waals surface area (Å²) in [5.74, 6) is -0.00859. The molecule has 23 heavy (non-hydrogen) atoms. The molecule has 1 amide bonds. The summed E-state index contributed by atoms with van der Waals surface area (Å²) in [4.78, 5) is 14.6. The van der Waals surface area contributed by atoms with Crippen LogP contribution in [0.4, 0.5) is 11.4 Å². The largest absolute Gasteiger partial charge is 0.449 e. The third-order valence-corrected chi connectivity index (χ3v) is 4.05. The second-order valence-electron chi connectivity index (χ2n) is 5.54. The molecule has 2 aromatic carbocycles. The molecular weight excluding hydrogens is 312 g/mol. The third kappa shape index (κ3) is 2.78. The molecule has 3 rings (SSSR count). The predicted molar refractivity (Wildman–Crippen MR) is 94.7 cm³/mol. The summed E-state index contributed by atoms with van der Waals surface area (Å²) in [7, 11) is 3.86. The molecule has 0 unspecified atom stereocenters. The van der Waals surface area contributed by atoms with Gasteiger partial charge in [0.25, 0.3) is 5.91 Å². The van der Waals surface area contributed by atoms with Crippen molar-refractivity contribution >= 4 is 39.9 Å². The van der Waals surface area contributed by atoms with Crippen molar-refractivity contribution in [1.29, 1.82) is 0 Å². The highest BCUT2D eigenvalue weighted by atomic mass is 35.5. The van der Waals surface area contributed by atoms with Crippen molar-refractivity contribution < 1.29 is 9.21 Å². The van der Waals surface area contributed by atoms with Crippen molar-refractivity contribution in [3.63, 3.8) is 0 Å². The van der Waals surface area contributed by atoms with E-state index < -0.39 is 0 Å². The first-order valence-corrected chi connectivity index (χ1v) is 7.62. The Balaban J connectivity index is 1.99. The van der Waals surface area contributed by atoms with Crippen LogP contribution in [0, 0.1) is 6.92 Å². The minimum absolute atomic E-state index is 0.279. The normalized spacial score (nSPS) is 10.8. The standard InChI is InChI=1S/C18H17ClN2O2/c1-11-12-7-6-8-13(19)17(12)23-16(11)18(22)20-14-9-4-5-10-15(14)21(2)3/h4-10H,1-3H3,(H,20,22). The minimum Gasteiger partial charge on any atom is -0.449 e. The number of hydrogen-bond donors (Lipinski definition) is 1. The van der Waals surface area contributed by atoms with Crippen molar-refractivity contribution in [3.05, 3.63) is 58.8 Å². The number of fused-ring (bicyclic) bond motifs is 1. The molecule has 3 aromatic rings. The summed E-state index contributed by atoms with van der Waals surface area (Å²) in [6, 6.07) is 13.1. The van der Waals surface area contributed by atoms with E-state index in [1.54, 1.807) is 6.07 Å². The Morgan fingerprint density at radius 2 is 1.87 bits per heavy atom. The fourth-order valence-corrected chi connectivity index (χ4v) is 2.79. The summed E-state index contributed by atoms with van der Waals surface area (Å²) in [6.07, 6.45) is 0. The van der Waals surface area contributed by atoms with Crippen LogP contribution in [0.2, 0.25) is 5.02 Å². The maximum absolute atomic E-state index is 12.6.